The van der Waals surface area contributed by atoms with Gasteiger partial charge in [0.25, 0.3) is 0 Å². The van der Waals surface area contributed by atoms with E-state index in [1.165, 1.54) is 11.1 Å². The van der Waals surface area contributed by atoms with Crippen LogP contribution in [-0.2, 0) is 0 Å². The molecule has 2 nitrogen and oxygen atoms in total. The lowest BCUT2D eigenvalue weighted by molar-refractivity contribution is 1.27. The highest BCUT2D eigenvalue weighted by Crippen LogP contribution is 2.23. The summed E-state index contributed by atoms with van der Waals surface area (Å²) in [7, 11) is 0. The van der Waals surface area contributed by atoms with Gasteiger partial charge in [0.05, 0.1) is 22.9 Å². The summed E-state index contributed by atoms with van der Waals surface area (Å²) in [5.74, 6) is 0. The Morgan fingerprint density at radius 3 is 2.50 bits per heavy atom. The zero-order valence-electron chi connectivity index (χ0n) is 10.5. The molecule has 1 heterocycles. The highest BCUT2D eigenvalue weighted by atomic mass is 14.8. The van der Waals surface area contributed by atoms with E-state index in [2.05, 4.69) is 42.0 Å². The summed E-state index contributed by atoms with van der Waals surface area (Å²) in [5, 5.41) is 0. The van der Waals surface area contributed by atoms with Gasteiger partial charge in [-0.15, -0.1) is 0 Å². The molecular weight excluding hydrogens is 220 g/mol. The third-order valence-corrected chi connectivity index (χ3v) is 3.12. The van der Waals surface area contributed by atoms with Crippen LogP contribution in [0, 0.1) is 13.8 Å². The summed E-state index contributed by atoms with van der Waals surface area (Å²) in [6.07, 6.45) is 1.85. The molecular formula is C16H14N2. The molecule has 0 saturated carbocycles. The topological polar surface area (TPSA) is 25.8 Å². The minimum atomic E-state index is 0.937. The van der Waals surface area contributed by atoms with E-state index in [9.17, 15) is 0 Å². The Balaban J connectivity index is 2.22. The molecule has 0 amide bonds. The largest absolute Gasteiger partial charge is 0.252 e. The quantitative estimate of drug-likeness (QED) is 0.638. The first-order valence-electron chi connectivity index (χ1n) is 6.03. The van der Waals surface area contributed by atoms with Gasteiger partial charge in [0.2, 0.25) is 0 Å². The van der Waals surface area contributed by atoms with Crippen LogP contribution >= 0.6 is 0 Å². The second-order valence-corrected chi connectivity index (χ2v) is 4.56. The molecule has 0 aliphatic heterocycles. The van der Waals surface area contributed by atoms with Crippen molar-refractivity contribution in [3.05, 3.63) is 59.8 Å². The third-order valence-electron chi connectivity index (χ3n) is 3.12. The number of rotatable bonds is 1. The van der Waals surface area contributed by atoms with Gasteiger partial charge in [0.15, 0.2) is 0 Å². The molecule has 2 aromatic carbocycles. The van der Waals surface area contributed by atoms with Gasteiger partial charge in [-0.2, -0.15) is 0 Å². The van der Waals surface area contributed by atoms with Crippen molar-refractivity contribution >= 4 is 11.0 Å². The van der Waals surface area contributed by atoms with Crippen LogP contribution in [0.4, 0.5) is 0 Å². The normalized spacial score (nSPS) is 10.8. The highest BCUT2D eigenvalue weighted by molar-refractivity contribution is 5.77. The number of para-hydroxylation sites is 2. The van der Waals surface area contributed by atoms with Crippen LogP contribution in [0.25, 0.3) is 22.3 Å². The fraction of sp³-hybridized carbons (Fsp3) is 0.125. The van der Waals surface area contributed by atoms with Gasteiger partial charge in [-0.3, -0.25) is 4.98 Å². The standard InChI is InChI=1S/C16H14N2/c1-11-7-8-12(2)13(9-11)16-10-17-14-5-3-4-6-15(14)18-16/h3-10H,1-2H3. The van der Waals surface area contributed by atoms with Crippen molar-refractivity contribution in [3.8, 4) is 11.3 Å². The Labute approximate surface area is 106 Å². The molecule has 0 fully saturated rings. The third kappa shape index (κ3) is 1.86. The lowest BCUT2D eigenvalue weighted by Crippen LogP contribution is -1.91. The molecule has 0 N–H and O–H groups in total. The summed E-state index contributed by atoms with van der Waals surface area (Å²) in [5.41, 5.74) is 6.45. The van der Waals surface area contributed by atoms with Crippen LogP contribution in [0.1, 0.15) is 11.1 Å². The molecule has 3 rings (SSSR count). The van der Waals surface area contributed by atoms with Gasteiger partial charge in [0, 0.05) is 5.56 Å². The van der Waals surface area contributed by atoms with Gasteiger partial charge in [0.1, 0.15) is 0 Å². The van der Waals surface area contributed by atoms with E-state index in [0.717, 1.165) is 22.3 Å². The molecule has 0 saturated heterocycles. The SMILES string of the molecule is Cc1ccc(C)c(-c2cnc3ccccc3n2)c1. The van der Waals surface area contributed by atoms with Crippen molar-refractivity contribution in [1.29, 1.82) is 0 Å². The van der Waals surface area contributed by atoms with Crippen molar-refractivity contribution in [2.45, 2.75) is 13.8 Å². The lowest BCUT2D eigenvalue weighted by atomic mass is 10.0. The van der Waals surface area contributed by atoms with Crippen molar-refractivity contribution < 1.29 is 0 Å². The van der Waals surface area contributed by atoms with Crippen LogP contribution < -0.4 is 0 Å². The molecule has 0 atom stereocenters. The lowest BCUT2D eigenvalue weighted by Gasteiger charge is -2.07. The first kappa shape index (κ1) is 10.9. The first-order chi connectivity index (χ1) is 8.74. The fourth-order valence-corrected chi connectivity index (χ4v) is 2.10. The second-order valence-electron chi connectivity index (χ2n) is 4.56. The zero-order chi connectivity index (χ0) is 12.5. The smallest absolute Gasteiger partial charge is 0.0895 e. The number of hydrogen-bond donors (Lipinski definition) is 0. The number of hydrogen-bond acceptors (Lipinski definition) is 2. The minimum absolute atomic E-state index is 0.937. The number of benzene rings is 2. The number of fused-ring (bicyclic) bond motifs is 1. The molecule has 0 unspecified atom stereocenters. The molecule has 2 heteroatoms. The zero-order valence-corrected chi connectivity index (χ0v) is 10.5. The number of aromatic nitrogens is 2. The average Bonchev–Trinajstić information content (AvgIpc) is 2.41. The molecule has 1 aromatic heterocycles. The molecule has 18 heavy (non-hydrogen) atoms. The highest BCUT2D eigenvalue weighted by Gasteiger charge is 2.05. The molecule has 0 spiro atoms. The molecule has 0 radical (unpaired) electrons. The Morgan fingerprint density at radius 1 is 0.889 bits per heavy atom. The Morgan fingerprint density at radius 2 is 1.67 bits per heavy atom. The number of nitrogens with zero attached hydrogens (tertiary/aromatic N) is 2. The molecule has 0 aliphatic carbocycles. The van der Waals surface area contributed by atoms with Gasteiger partial charge in [-0.25, -0.2) is 4.98 Å². The fourth-order valence-electron chi connectivity index (χ4n) is 2.10. The Bertz CT molecular complexity index is 717. The van der Waals surface area contributed by atoms with Crippen LogP contribution in [0.2, 0.25) is 0 Å². The molecule has 88 valence electrons. The van der Waals surface area contributed by atoms with E-state index < -0.39 is 0 Å². The second kappa shape index (κ2) is 4.22. The molecule has 0 bridgehead atoms. The van der Waals surface area contributed by atoms with E-state index in [4.69, 9.17) is 0 Å². The van der Waals surface area contributed by atoms with E-state index in [0.29, 0.717) is 0 Å². The van der Waals surface area contributed by atoms with Gasteiger partial charge >= 0.3 is 0 Å². The Hall–Kier alpha value is -2.22. The Kier molecular flexibility index (Phi) is 2.56. The van der Waals surface area contributed by atoms with E-state index in [1.807, 2.05) is 30.5 Å². The van der Waals surface area contributed by atoms with E-state index in [-0.39, 0.29) is 0 Å². The van der Waals surface area contributed by atoms with Crippen LogP contribution in [0.15, 0.2) is 48.7 Å². The van der Waals surface area contributed by atoms with Crippen molar-refractivity contribution in [2.24, 2.45) is 0 Å². The summed E-state index contributed by atoms with van der Waals surface area (Å²) in [4.78, 5) is 9.15. The number of aryl methyl sites for hydroxylation is 2. The van der Waals surface area contributed by atoms with E-state index >= 15 is 0 Å². The summed E-state index contributed by atoms with van der Waals surface area (Å²) in [6, 6.07) is 14.4. The van der Waals surface area contributed by atoms with Gasteiger partial charge in [-0.05, 0) is 37.6 Å². The maximum Gasteiger partial charge on any atom is 0.0895 e. The summed E-state index contributed by atoms with van der Waals surface area (Å²) >= 11 is 0. The van der Waals surface area contributed by atoms with Crippen molar-refractivity contribution in [1.82, 2.24) is 9.97 Å². The van der Waals surface area contributed by atoms with Crippen LogP contribution in [-0.4, -0.2) is 9.97 Å². The van der Waals surface area contributed by atoms with Crippen molar-refractivity contribution in [3.63, 3.8) is 0 Å². The monoisotopic (exact) mass is 234 g/mol. The predicted octanol–water partition coefficient (Wildman–Crippen LogP) is 3.91. The predicted molar refractivity (Wildman–Crippen MR) is 74.4 cm³/mol. The van der Waals surface area contributed by atoms with Gasteiger partial charge in [-0.1, -0.05) is 29.8 Å². The molecule has 3 aromatic rings. The molecule has 0 aliphatic rings. The van der Waals surface area contributed by atoms with Gasteiger partial charge < -0.3 is 0 Å². The van der Waals surface area contributed by atoms with Crippen molar-refractivity contribution in [2.75, 3.05) is 0 Å². The maximum atomic E-state index is 4.68. The van der Waals surface area contributed by atoms with Crippen LogP contribution in [0.5, 0.6) is 0 Å². The summed E-state index contributed by atoms with van der Waals surface area (Å²) < 4.78 is 0. The first-order valence-corrected chi connectivity index (χ1v) is 6.03. The minimum Gasteiger partial charge on any atom is -0.252 e. The maximum absolute atomic E-state index is 4.68. The van der Waals surface area contributed by atoms with E-state index in [1.54, 1.807) is 0 Å². The summed E-state index contributed by atoms with van der Waals surface area (Å²) in [6.45, 7) is 4.20. The average molecular weight is 234 g/mol. The van der Waals surface area contributed by atoms with Crippen LogP contribution in [0.3, 0.4) is 0 Å².